The Morgan fingerprint density at radius 2 is 1.76 bits per heavy atom. The Labute approximate surface area is 230 Å². The minimum atomic E-state index is -0.679. The van der Waals surface area contributed by atoms with E-state index in [0.29, 0.717) is 42.4 Å². The Kier molecular flexibility index (Phi) is 10.9. The molecule has 9 atom stereocenters. The van der Waals surface area contributed by atoms with E-state index in [9.17, 15) is 9.18 Å². The number of rotatable bonds is 9. The minimum Gasteiger partial charge on any atom is -0.381 e. The number of aliphatic imine (C=N–C) groups is 1. The molecule has 3 aliphatic carbocycles. The van der Waals surface area contributed by atoms with E-state index in [1.807, 2.05) is 19.0 Å². The highest BCUT2D eigenvalue weighted by molar-refractivity contribution is 5.83. The van der Waals surface area contributed by atoms with Crippen molar-refractivity contribution in [1.82, 2.24) is 15.5 Å². The van der Waals surface area contributed by atoms with Crippen molar-refractivity contribution in [2.75, 3.05) is 47.9 Å². The predicted octanol–water partition coefficient (Wildman–Crippen LogP) is 4.06. The van der Waals surface area contributed by atoms with E-state index in [0.717, 1.165) is 76.8 Å². The van der Waals surface area contributed by atoms with E-state index in [2.05, 4.69) is 22.5 Å². The normalized spacial score (nSPS) is 40.0. The fourth-order valence-electron chi connectivity index (χ4n) is 8.27. The highest BCUT2D eigenvalue weighted by Gasteiger charge is 2.47. The number of nitrogens with one attached hydrogen (secondary N) is 2. The standard InChI is InChI=1S/C30H53FN4O3/c1-19-11-22(31)8-9-25(19)26-14-20(17-34-28-7-6-10-33-28)15-27(29(26)32-2)30(36)35(3)18-21-12-23(37-4)16-24(13-21)38-5/h19-27,29,32H,6-18H2,1-5H3,(H,33,34). The van der Waals surface area contributed by atoms with Gasteiger partial charge in [-0.1, -0.05) is 6.92 Å². The van der Waals surface area contributed by atoms with Crippen molar-refractivity contribution in [3.63, 3.8) is 0 Å². The number of methoxy groups -OCH3 is 2. The van der Waals surface area contributed by atoms with Gasteiger partial charge in [0.1, 0.15) is 6.17 Å². The zero-order valence-corrected chi connectivity index (χ0v) is 24.5. The van der Waals surface area contributed by atoms with E-state index in [-0.39, 0.29) is 30.1 Å². The molecule has 1 aliphatic heterocycles. The first kappa shape index (κ1) is 29.7. The number of alkyl halides is 1. The van der Waals surface area contributed by atoms with Crippen molar-refractivity contribution >= 4 is 11.7 Å². The minimum absolute atomic E-state index is 0.0728. The number of amidine groups is 1. The smallest absolute Gasteiger partial charge is 0.227 e. The number of nitrogens with zero attached hydrogens (tertiary/aromatic N) is 2. The summed E-state index contributed by atoms with van der Waals surface area (Å²) in [5.41, 5.74) is 0. The number of carbonyl (C=O) groups is 1. The summed E-state index contributed by atoms with van der Waals surface area (Å²) in [4.78, 5) is 20.7. The van der Waals surface area contributed by atoms with Crippen LogP contribution in [0.4, 0.5) is 4.39 Å². The first-order valence-electron chi connectivity index (χ1n) is 15.2. The number of ether oxygens (including phenoxy) is 2. The molecular weight excluding hydrogens is 483 g/mol. The maximum atomic E-state index is 14.2. The Morgan fingerprint density at radius 1 is 1.03 bits per heavy atom. The van der Waals surface area contributed by atoms with Gasteiger partial charge in [0, 0.05) is 53.4 Å². The van der Waals surface area contributed by atoms with Crippen molar-refractivity contribution in [2.45, 2.75) is 95.6 Å². The molecule has 218 valence electrons. The number of hydrogen-bond donors (Lipinski definition) is 2. The molecule has 8 heteroatoms. The maximum absolute atomic E-state index is 14.2. The molecule has 7 nitrogen and oxygen atoms in total. The molecule has 0 spiro atoms. The highest BCUT2D eigenvalue weighted by atomic mass is 19.1. The van der Waals surface area contributed by atoms with E-state index in [1.54, 1.807) is 14.2 Å². The Hall–Kier alpha value is -1.25. The topological polar surface area (TPSA) is 75.2 Å². The molecule has 0 aromatic rings. The molecule has 2 N–H and O–H groups in total. The lowest BCUT2D eigenvalue weighted by Gasteiger charge is -2.48. The molecule has 1 amide bonds. The summed E-state index contributed by atoms with van der Waals surface area (Å²) in [5, 5.41) is 7.22. The fraction of sp³-hybridized carbons (Fsp3) is 0.933. The molecule has 3 saturated carbocycles. The van der Waals surface area contributed by atoms with E-state index in [1.165, 1.54) is 0 Å². The van der Waals surface area contributed by atoms with Crippen molar-refractivity contribution < 1.29 is 18.7 Å². The second kappa shape index (κ2) is 13.9. The highest BCUT2D eigenvalue weighted by Crippen LogP contribution is 2.46. The summed E-state index contributed by atoms with van der Waals surface area (Å²) >= 11 is 0. The molecule has 0 aromatic carbocycles. The van der Waals surface area contributed by atoms with Gasteiger partial charge < -0.3 is 25.0 Å². The average Bonchev–Trinajstić information content (AvgIpc) is 3.44. The lowest BCUT2D eigenvalue weighted by Crippen LogP contribution is -2.56. The summed E-state index contributed by atoms with van der Waals surface area (Å²) < 4.78 is 25.6. The molecule has 3 fully saturated rings. The van der Waals surface area contributed by atoms with Crippen molar-refractivity contribution in [3.8, 4) is 0 Å². The van der Waals surface area contributed by atoms with Crippen molar-refractivity contribution in [1.29, 1.82) is 0 Å². The lowest BCUT2D eigenvalue weighted by atomic mass is 9.61. The molecule has 4 aliphatic rings. The second-order valence-corrected chi connectivity index (χ2v) is 12.8. The zero-order valence-electron chi connectivity index (χ0n) is 24.5. The van der Waals surface area contributed by atoms with Gasteiger partial charge in [-0.25, -0.2) is 4.39 Å². The Bertz CT molecular complexity index is 785. The van der Waals surface area contributed by atoms with Crippen LogP contribution >= 0.6 is 0 Å². The van der Waals surface area contributed by atoms with Crippen molar-refractivity contribution in [3.05, 3.63) is 0 Å². The van der Waals surface area contributed by atoms with Gasteiger partial charge in [-0.3, -0.25) is 9.79 Å². The van der Waals surface area contributed by atoms with Crippen LogP contribution in [0.15, 0.2) is 4.99 Å². The average molecular weight is 537 g/mol. The summed E-state index contributed by atoms with van der Waals surface area (Å²) in [6.45, 7) is 4.75. The molecule has 0 aromatic heterocycles. The largest absolute Gasteiger partial charge is 0.381 e. The molecule has 0 bridgehead atoms. The molecule has 9 unspecified atom stereocenters. The van der Waals surface area contributed by atoms with Gasteiger partial charge in [0.05, 0.1) is 24.0 Å². The predicted molar refractivity (Wildman–Crippen MR) is 150 cm³/mol. The van der Waals surface area contributed by atoms with Crippen LogP contribution in [-0.4, -0.2) is 89.0 Å². The number of hydrogen-bond acceptors (Lipinski definition) is 6. The van der Waals surface area contributed by atoms with Gasteiger partial charge in [0.15, 0.2) is 0 Å². The summed E-state index contributed by atoms with van der Waals surface area (Å²) in [6.07, 6.45) is 8.91. The summed E-state index contributed by atoms with van der Waals surface area (Å²) in [5.74, 6) is 3.26. The van der Waals surface area contributed by atoms with Crippen LogP contribution in [0.5, 0.6) is 0 Å². The third-order valence-corrected chi connectivity index (χ3v) is 10.2. The summed E-state index contributed by atoms with van der Waals surface area (Å²) in [7, 11) is 7.55. The van der Waals surface area contributed by atoms with E-state index >= 15 is 0 Å². The number of amides is 1. The molecule has 4 rings (SSSR count). The number of halogens is 1. The quantitative estimate of drug-likeness (QED) is 0.465. The van der Waals surface area contributed by atoms with Crippen LogP contribution in [0.3, 0.4) is 0 Å². The molecule has 0 saturated heterocycles. The first-order chi connectivity index (χ1) is 18.3. The third-order valence-electron chi connectivity index (χ3n) is 10.2. The lowest BCUT2D eigenvalue weighted by molar-refractivity contribution is -0.140. The summed E-state index contributed by atoms with van der Waals surface area (Å²) in [6, 6.07) is 0.124. The molecule has 0 radical (unpaired) electrons. The number of carbonyl (C=O) groups excluding carboxylic acids is 1. The molecular formula is C30H53FN4O3. The zero-order chi connectivity index (χ0) is 27.2. The van der Waals surface area contributed by atoms with Crippen molar-refractivity contribution in [2.24, 2.45) is 40.5 Å². The monoisotopic (exact) mass is 536 g/mol. The Morgan fingerprint density at radius 3 is 2.37 bits per heavy atom. The van der Waals surface area contributed by atoms with Crippen LogP contribution in [0.2, 0.25) is 0 Å². The van der Waals surface area contributed by atoms with Crippen LogP contribution in [0.25, 0.3) is 0 Å². The van der Waals surface area contributed by atoms with Gasteiger partial charge in [-0.15, -0.1) is 0 Å². The van der Waals surface area contributed by atoms with Crippen LogP contribution < -0.4 is 10.6 Å². The van der Waals surface area contributed by atoms with E-state index in [4.69, 9.17) is 9.47 Å². The van der Waals surface area contributed by atoms with Gasteiger partial charge in [0.2, 0.25) is 5.91 Å². The van der Waals surface area contributed by atoms with Crippen LogP contribution in [0.1, 0.15) is 71.1 Å². The molecule has 38 heavy (non-hydrogen) atoms. The third kappa shape index (κ3) is 7.28. The van der Waals surface area contributed by atoms with Gasteiger partial charge in [0.25, 0.3) is 0 Å². The van der Waals surface area contributed by atoms with Gasteiger partial charge in [-0.2, -0.15) is 0 Å². The van der Waals surface area contributed by atoms with Gasteiger partial charge >= 0.3 is 0 Å². The Balaban J connectivity index is 1.48. The first-order valence-corrected chi connectivity index (χ1v) is 15.2. The van der Waals surface area contributed by atoms with Crippen LogP contribution in [-0.2, 0) is 14.3 Å². The SMILES string of the molecule is CNC1C(C(=O)N(C)CC2CC(OC)CC(OC)C2)CC(CNC2=NCCC2)CC1C1CCC(F)CC1C. The van der Waals surface area contributed by atoms with E-state index < -0.39 is 6.17 Å². The van der Waals surface area contributed by atoms with Gasteiger partial charge in [-0.05, 0) is 94.4 Å². The second-order valence-electron chi connectivity index (χ2n) is 12.8. The maximum Gasteiger partial charge on any atom is 0.227 e. The fourth-order valence-corrected chi connectivity index (χ4v) is 8.27. The molecule has 1 heterocycles. The van der Waals surface area contributed by atoms with Crippen LogP contribution in [0, 0.1) is 35.5 Å².